The van der Waals surface area contributed by atoms with E-state index in [2.05, 4.69) is 14.7 Å². The van der Waals surface area contributed by atoms with E-state index in [4.69, 9.17) is 5.73 Å². The van der Waals surface area contributed by atoms with Gasteiger partial charge in [-0.15, -0.1) is 0 Å². The van der Waals surface area contributed by atoms with Crippen molar-refractivity contribution in [1.29, 1.82) is 0 Å². The maximum Gasteiger partial charge on any atom is 0.411 e. The summed E-state index contributed by atoms with van der Waals surface area (Å²) in [5, 5.41) is 0. The van der Waals surface area contributed by atoms with Crippen LogP contribution in [0.5, 0.6) is 0 Å². The lowest BCUT2D eigenvalue weighted by molar-refractivity contribution is -0.173. The molecule has 2 N–H and O–H groups in total. The fourth-order valence-electron chi connectivity index (χ4n) is 1.68. The van der Waals surface area contributed by atoms with E-state index < -0.39 is 12.8 Å². The number of aromatic nitrogens is 2. The molecule has 114 valence electrons. The van der Waals surface area contributed by atoms with Crippen LogP contribution in [0, 0.1) is 6.92 Å². The third kappa shape index (κ3) is 6.81. The van der Waals surface area contributed by atoms with E-state index in [0.717, 1.165) is 17.8 Å². The molecule has 1 aromatic heterocycles. The fraction of sp³-hybridized carbons (Fsp3) is 0.692. The normalized spacial score (nSPS) is 13.5. The topological polar surface area (TPSA) is 61.0 Å². The van der Waals surface area contributed by atoms with Gasteiger partial charge in [0.15, 0.2) is 0 Å². The second-order valence-corrected chi connectivity index (χ2v) is 4.71. The van der Waals surface area contributed by atoms with Crippen LogP contribution in [-0.4, -0.2) is 35.4 Å². The van der Waals surface area contributed by atoms with Gasteiger partial charge in [0.1, 0.15) is 12.4 Å². The smallest absolute Gasteiger partial charge is 0.372 e. The van der Waals surface area contributed by atoms with E-state index in [0.29, 0.717) is 12.2 Å². The van der Waals surface area contributed by atoms with Crippen molar-refractivity contribution in [2.45, 2.75) is 45.3 Å². The molecule has 0 spiro atoms. The molecule has 0 radical (unpaired) electrons. The lowest BCUT2D eigenvalue weighted by Crippen LogP contribution is -2.22. The monoisotopic (exact) mass is 291 g/mol. The first-order chi connectivity index (χ1) is 9.30. The van der Waals surface area contributed by atoms with E-state index >= 15 is 0 Å². The van der Waals surface area contributed by atoms with Crippen LogP contribution in [0.4, 0.5) is 13.2 Å². The maximum atomic E-state index is 11.9. The zero-order chi connectivity index (χ0) is 15.2. The predicted molar refractivity (Wildman–Crippen MR) is 69.3 cm³/mol. The molecule has 20 heavy (non-hydrogen) atoms. The highest BCUT2D eigenvalue weighted by molar-refractivity contribution is 5.11. The first-order valence-electron chi connectivity index (χ1n) is 6.53. The summed E-state index contributed by atoms with van der Waals surface area (Å²) in [6.07, 6.45) is -2.57. The molecular weight excluding hydrogens is 271 g/mol. The Kier molecular flexibility index (Phi) is 6.35. The minimum atomic E-state index is -4.30. The van der Waals surface area contributed by atoms with Crippen molar-refractivity contribution < 1.29 is 17.9 Å². The van der Waals surface area contributed by atoms with Gasteiger partial charge in [0.25, 0.3) is 0 Å². The van der Waals surface area contributed by atoms with Crippen molar-refractivity contribution in [3.63, 3.8) is 0 Å². The van der Waals surface area contributed by atoms with E-state index in [1.165, 1.54) is 0 Å². The van der Waals surface area contributed by atoms with E-state index in [9.17, 15) is 13.2 Å². The number of hydrogen-bond donors (Lipinski definition) is 1. The van der Waals surface area contributed by atoms with Crippen molar-refractivity contribution >= 4 is 0 Å². The minimum Gasteiger partial charge on any atom is -0.372 e. The average Bonchev–Trinajstić information content (AvgIpc) is 2.32. The number of ether oxygens (including phenoxy) is 1. The third-order valence-corrected chi connectivity index (χ3v) is 2.69. The molecule has 0 saturated carbocycles. The van der Waals surface area contributed by atoms with Gasteiger partial charge in [-0.3, -0.25) is 0 Å². The highest BCUT2D eigenvalue weighted by atomic mass is 19.4. The molecule has 4 nitrogen and oxygen atoms in total. The first kappa shape index (κ1) is 16.8. The summed E-state index contributed by atoms with van der Waals surface area (Å²) < 4.78 is 40.3. The highest BCUT2D eigenvalue weighted by Crippen LogP contribution is 2.14. The first-order valence-corrected chi connectivity index (χ1v) is 6.53. The highest BCUT2D eigenvalue weighted by Gasteiger charge is 2.27. The van der Waals surface area contributed by atoms with Crippen molar-refractivity contribution in [3.8, 4) is 0 Å². The maximum absolute atomic E-state index is 11.9. The lowest BCUT2D eigenvalue weighted by atomic mass is 10.1. The van der Waals surface area contributed by atoms with Gasteiger partial charge in [0.2, 0.25) is 0 Å². The molecule has 1 heterocycles. The summed E-state index contributed by atoms with van der Waals surface area (Å²) in [5.74, 6) is 0.491. The molecule has 0 bridgehead atoms. The summed E-state index contributed by atoms with van der Waals surface area (Å²) in [6.45, 7) is 2.52. The van der Waals surface area contributed by atoms with Crippen molar-refractivity contribution in [2.75, 3.05) is 13.2 Å². The second-order valence-electron chi connectivity index (χ2n) is 4.71. The molecule has 0 amide bonds. The summed E-state index contributed by atoms with van der Waals surface area (Å²) in [6, 6.07) is 1.87. The molecule has 1 aromatic rings. The second kappa shape index (κ2) is 7.54. The van der Waals surface area contributed by atoms with Crippen LogP contribution in [0.3, 0.4) is 0 Å². The number of nitrogens with two attached hydrogens (primary N) is 1. The van der Waals surface area contributed by atoms with Gasteiger partial charge in [-0.1, -0.05) is 6.92 Å². The van der Waals surface area contributed by atoms with Gasteiger partial charge < -0.3 is 10.5 Å². The van der Waals surface area contributed by atoms with Crippen molar-refractivity contribution in [1.82, 2.24) is 9.97 Å². The summed E-state index contributed by atoms with van der Waals surface area (Å²) in [4.78, 5) is 8.49. The summed E-state index contributed by atoms with van der Waals surface area (Å²) >= 11 is 0. The Morgan fingerprint density at radius 3 is 2.65 bits per heavy atom. The number of aryl methyl sites for hydroxylation is 1. The van der Waals surface area contributed by atoms with Crippen LogP contribution in [0.15, 0.2) is 6.07 Å². The summed E-state index contributed by atoms with van der Waals surface area (Å²) in [7, 11) is 0. The molecule has 1 unspecified atom stereocenters. The Labute approximate surface area is 116 Å². The molecule has 0 fully saturated rings. The van der Waals surface area contributed by atoms with Crippen LogP contribution in [0.2, 0.25) is 0 Å². The fourth-order valence-corrected chi connectivity index (χ4v) is 1.68. The lowest BCUT2D eigenvalue weighted by Gasteiger charge is -2.11. The number of alkyl halides is 3. The number of rotatable bonds is 7. The van der Waals surface area contributed by atoms with Crippen LogP contribution < -0.4 is 5.73 Å². The Morgan fingerprint density at radius 2 is 2.05 bits per heavy atom. The Hall–Kier alpha value is -1.21. The summed E-state index contributed by atoms with van der Waals surface area (Å²) in [5.41, 5.74) is 7.46. The molecular formula is C13H20F3N3O. The van der Waals surface area contributed by atoms with Crippen LogP contribution in [0.1, 0.15) is 30.6 Å². The molecule has 0 aliphatic heterocycles. The van der Waals surface area contributed by atoms with Gasteiger partial charge in [-0.25, -0.2) is 9.97 Å². The van der Waals surface area contributed by atoms with E-state index in [1.54, 1.807) is 0 Å². The number of halogens is 3. The van der Waals surface area contributed by atoms with E-state index in [1.807, 2.05) is 19.9 Å². The largest absolute Gasteiger partial charge is 0.411 e. The zero-order valence-electron chi connectivity index (χ0n) is 11.7. The molecule has 0 aliphatic rings. The van der Waals surface area contributed by atoms with Gasteiger partial charge >= 0.3 is 6.18 Å². The zero-order valence-corrected chi connectivity index (χ0v) is 11.7. The molecule has 1 atom stereocenters. The Bertz CT molecular complexity index is 424. The molecule has 1 rings (SSSR count). The number of nitrogens with zero attached hydrogens (tertiary/aromatic N) is 2. The van der Waals surface area contributed by atoms with Crippen LogP contribution in [0.25, 0.3) is 0 Å². The molecule has 7 heteroatoms. The average molecular weight is 291 g/mol. The van der Waals surface area contributed by atoms with Gasteiger partial charge in [0, 0.05) is 30.3 Å². The molecule has 0 aliphatic carbocycles. The quantitative estimate of drug-likeness (QED) is 0.782. The SMILES string of the molecule is CCC(N)Cc1cc(C)nc(CCOCC(F)(F)F)n1. The van der Waals surface area contributed by atoms with Gasteiger partial charge in [-0.2, -0.15) is 13.2 Å². The van der Waals surface area contributed by atoms with Crippen molar-refractivity contribution in [2.24, 2.45) is 5.73 Å². The Morgan fingerprint density at radius 1 is 1.35 bits per heavy atom. The van der Waals surface area contributed by atoms with Crippen molar-refractivity contribution in [3.05, 3.63) is 23.3 Å². The molecule has 0 aromatic carbocycles. The van der Waals surface area contributed by atoms with Gasteiger partial charge in [-0.05, 0) is 19.4 Å². The molecule has 0 saturated heterocycles. The van der Waals surface area contributed by atoms with Gasteiger partial charge in [0.05, 0.1) is 6.61 Å². The van der Waals surface area contributed by atoms with E-state index in [-0.39, 0.29) is 19.1 Å². The standard InChI is InChI=1S/C13H20F3N3O/c1-3-10(17)7-11-6-9(2)18-12(19-11)4-5-20-8-13(14,15)16/h6,10H,3-5,7-8,17H2,1-2H3. The predicted octanol–water partition coefficient (Wildman–Crippen LogP) is 2.19. The Balaban J connectivity index is 2.53. The van der Waals surface area contributed by atoms with Crippen LogP contribution in [-0.2, 0) is 17.6 Å². The third-order valence-electron chi connectivity index (χ3n) is 2.69. The van der Waals surface area contributed by atoms with Crippen LogP contribution >= 0.6 is 0 Å². The number of hydrogen-bond acceptors (Lipinski definition) is 4. The minimum absolute atomic E-state index is 0.0265.